The van der Waals surface area contributed by atoms with Crippen molar-refractivity contribution in [1.29, 1.82) is 0 Å². The van der Waals surface area contributed by atoms with Crippen LogP contribution in [0.1, 0.15) is 0 Å². The van der Waals surface area contributed by atoms with E-state index < -0.39 is 19.9 Å². The summed E-state index contributed by atoms with van der Waals surface area (Å²) in [5, 5.41) is 0.250. The summed E-state index contributed by atoms with van der Waals surface area (Å²) in [7, 11) is -7.40. The highest BCUT2D eigenvalue weighted by Crippen LogP contribution is 2.24. The highest BCUT2D eigenvalue weighted by atomic mass is 35.5. The molecule has 0 unspecified atom stereocenters. The number of sulfonamides is 1. The summed E-state index contributed by atoms with van der Waals surface area (Å²) in [6.07, 6.45) is 1.01. The van der Waals surface area contributed by atoms with E-state index in [1.54, 1.807) is 18.2 Å². The third-order valence-corrected chi connectivity index (χ3v) is 5.47. The van der Waals surface area contributed by atoms with Crippen molar-refractivity contribution in [3.8, 4) is 0 Å². The lowest BCUT2D eigenvalue weighted by molar-refractivity contribution is 0.599. The lowest BCUT2D eigenvalue weighted by atomic mass is 10.3. The molecule has 0 saturated heterocycles. The number of nitrogens with one attached hydrogen (secondary N) is 1. The summed E-state index contributed by atoms with van der Waals surface area (Å²) in [5.74, 6) is 0. The highest BCUT2D eigenvalue weighted by molar-refractivity contribution is 7.93. The van der Waals surface area contributed by atoms with Crippen LogP contribution < -0.4 is 4.72 Å². The molecule has 0 saturated carbocycles. The fourth-order valence-corrected chi connectivity index (χ4v) is 3.73. The molecule has 21 heavy (non-hydrogen) atoms. The standard InChI is InChI=1S/C13H12ClNO4S2/c1-20(16,17)10-5-4-6-11(9-10)21(18,19)15-13-8-3-2-7-12(13)14/h2-9,15H,1H3. The SMILES string of the molecule is CS(=O)(=O)c1cccc(S(=O)(=O)Nc2ccccc2Cl)c1. The van der Waals surface area contributed by atoms with E-state index in [0.29, 0.717) is 0 Å². The average Bonchev–Trinajstić information content (AvgIpc) is 2.40. The summed E-state index contributed by atoms with van der Waals surface area (Å²) in [5.41, 5.74) is 0.226. The predicted molar refractivity (Wildman–Crippen MR) is 81.8 cm³/mol. The predicted octanol–water partition coefficient (Wildman–Crippen LogP) is 2.54. The lowest BCUT2D eigenvalue weighted by Crippen LogP contribution is -2.13. The number of anilines is 1. The summed E-state index contributed by atoms with van der Waals surface area (Å²) >= 11 is 5.90. The largest absolute Gasteiger partial charge is 0.278 e. The molecule has 0 spiro atoms. The van der Waals surface area contributed by atoms with Crippen LogP contribution in [0.5, 0.6) is 0 Å². The molecule has 0 atom stereocenters. The molecule has 0 aromatic heterocycles. The molecule has 0 heterocycles. The van der Waals surface area contributed by atoms with E-state index in [1.807, 2.05) is 0 Å². The van der Waals surface area contributed by atoms with E-state index >= 15 is 0 Å². The third-order valence-electron chi connectivity index (χ3n) is 2.66. The van der Waals surface area contributed by atoms with Crippen LogP contribution in [0.3, 0.4) is 0 Å². The Bertz CT molecular complexity index is 877. The Morgan fingerprint density at radius 2 is 1.52 bits per heavy atom. The Balaban J connectivity index is 2.44. The van der Waals surface area contributed by atoms with Crippen LogP contribution in [0.25, 0.3) is 0 Å². The average molecular weight is 346 g/mol. The quantitative estimate of drug-likeness (QED) is 0.923. The van der Waals surface area contributed by atoms with Gasteiger partial charge in [-0.2, -0.15) is 0 Å². The second kappa shape index (κ2) is 5.67. The van der Waals surface area contributed by atoms with Gasteiger partial charge in [-0.15, -0.1) is 0 Å². The van der Waals surface area contributed by atoms with Crippen LogP contribution >= 0.6 is 11.6 Å². The van der Waals surface area contributed by atoms with E-state index in [-0.39, 0.29) is 20.5 Å². The van der Waals surface area contributed by atoms with Gasteiger partial charge in [0.05, 0.1) is 20.5 Å². The minimum absolute atomic E-state index is 0.0652. The number of hydrogen-bond donors (Lipinski definition) is 1. The highest BCUT2D eigenvalue weighted by Gasteiger charge is 2.18. The second-order valence-electron chi connectivity index (χ2n) is 4.33. The molecule has 2 aromatic carbocycles. The molecule has 0 amide bonds. The van der Waals surface area contributed by atoms with Gasteiger partial charge in [0, 0.05) is 6.26 Å². The van der Waals surface area contributed by atoms with Gasteiger partial charge in [0.15, 0.2) is 9.84 Å². The Morgan fingerprint density at radius 1 is 0.905 bits per heavy atom. The Kier molecular flexibility index (Phi) is 4.27. The Labute approximate surface area is 128 Å². The maximum absolute atomic E-state index is 12.3. The van der Waals surface area contributed by atoms with Gasteiger partial charge in [-0.25, -0.2) is 16.8 Å². The first-order valence-corrected chi connectivity index (χ1v) is 9.53. The zero-order chi connectivity index (χ0) is 15.7. The molecule has 2 rings (SSSR count). The van der Waals surface area contributed by atoms with Crippen molar-refractivity contribution in [3.63, 3.8) is 0 Å². The molecular formula is C13H12ClNO4S2. The molecule has 0 aliphatic rings. The number of halogens is 1. The first kappa shape index (κ1) is 15.8. The van der Waals surface area contributed by atoms with Gasteiger partial charge < -0.3 is 0 Å². The third kappa shape index (κ3) is 3.75. The molecule has 0 aliphatic heterocycles. The van der Waals surface area contributed by atoms with Crippen molar-refractivity contribution >= 4 is 37.1 Å². The summed E-state index contributed by atoms with van der Waals surface area (Å²) in [6, 6.07) is 11.5. The minimum Gasteiger partial charge on any atom is -0.278 e. The Hall–Kier alpha value is -1.57. The van der Waals surface area contributed by atoms with Gasteiger partial charge >= 0.3 is 0 Å². The molecule has 112 valence electrons. The van der Waals surface area contributed by atoms with E-state index in [0.717, 1.165) is 12.3 Å². The summed E-state index contributed by atoms with van der Waals surface area (Å²) in [6.45, 7) is 0. The van der Waals surface area contributed by atoms with Crippen LogP contribution in [0.15, 0.2) is 58.3 Å². The molecule has 5 nitrogen and oxygen atoms in total. The molecular weight excluding hydrogens is 334 g/mol. The van der Waals surface area contributed by atoms with Crippen molar-refractivity contribution in [2.24, 2.45) is 0 Å². The summed E-state index contributed by atoms with van der Waals surface area (Å²) < 4.78 is 49.8. The van der Waals surface area contributed by atoms with Crippen molar-refractivity contribution < 1.29 is 16.8 Å². The normalized spacial score (nSPS) is 12.1. The number of para-hydroxylation sites is 1. The van der Waals surface area contributed by atoms with Gasteiger partial charge in [0.1, 0.15) is 0 Å². The van der Waals surface area contributed by atoms with Gasteiger partial charge in [0.25, 0.3) is 10.0 Å². The van der Waals surface area contributed by atoms with Crippen LogP contribution in [0.4, 0.5) is 5.69 Å². The van der Waals surface area contributed by atoms with Gasteiger partial charge in [-0.3, -0.25) is 4.72 Å². The van der Waals surface area contributed by atoms with Gasteiger partial charge in [-0.1, -0.05) is 29.8 Å². The summed E-state index contributed by atoms with van der Waals surface area (Å²) in [4.78, 5) is -0.213. The van der Waals surface area contributed by atoms with E-state index in [2.05, 4.69) is 4.72 Å². The molecule has 0 radical (unpaired) electrons. The molecule has 0 aliphatic carbocycles. The minimum atomic E-state index is -3.92. The van der Waals surface area contributed by atoms with Crippen molar-refractivity contribution in [1.82, 2.24) is 0 Å². The number of sulfone groups is 1. The van der Waals surface area contributed by atoms with E-state index in [9.17, 15) is 16.8 Å². The topological polar surface area (TPSA) is 80.3 Å². The maximum Gasteiger partial charge on any atom is 0.261 e. The van der Waals surface area contributed by atoms with Gasteiger partial charge in [0.2, 0.25) is 0 Å². The lowest BCUT2D eigenvalue weighted by Gasteiger charge is -2.10. The van der Waals surface area contributed by atoms with E-state index in [4.69, 9.17) is 11.6 Å². The van der Waals surface area contributed by atoms with Crippen molar-refractivity contribution in [2.45, 2.75) is 9.79 Å². The first-order valence-electron chi connectivity index (χ1n) is 5.77. The smallest absolute Gasteiger partial charge is 0.261 e. The second-order valence-corrected chi connectivity index (χ2v) is 8.44. The number of hydrogen-bond acceptors (Lipinski definition) is 4. The van der Waals surface area contributed by atoms with Crippen LogP contribution in [-0.2, 0) is 19.9 Å². The van der Waals surface area contributed by atoms with Gasteiger partial charge in [-0.05, 0) is 30.3 Å². The number of benzene rings is 2. The zero-order valence-corrected chi connectivity index (χ0v) is 13.3. The van der Waals surface area contributed by atoms with Crippen molar-refractivity contribution in [3.05, 3.63) is 53.6 Å². The molecule has 1 N–H and O–H groups in total. The fraction of sp³-hybridized carbons (Fsp3) is 0.0769. The van der Waals surface area contributed by atoms with Crippen LogP contribution in [0.2, 0.25) is 5.02 Å². The Morgan fingerprint density at radius 3 is 2.14 bits per heavy atom. The maximum atomic E-state index is 12.3. The van der Waals surface area contributed by atoms with Crippen LogP contribution in [0, 0.1) is 0 Å². The van der Waals surface area contributed by atoms with E-state index in [1.165, 1.54) is 24.3 Å². The fourth-order valence-electron chi connectivity index (χ4n) is 1.62. The first-order chi connectivity index (χ1) is 9.70. The number of rotatable bonds is 4. The molecule has 0 fully saturated rings. The molecule has 0 bridgehead atoms. The van der Waals surface area contributed by atoms with Crippen molar-refractivity contribution in [2.75, 3.05) is 11.0 Å². The monoisotopic (exact) mass is 345 g/mol. The van der Waals surface area contributed by atoms with Crippen LogP contribution in [-0.4, -0.2) is 23.1 Å². The molecule has 2 aromatic rings. The molecule has 8 heteroatoms. The zero-order valence-electron chi connectivity index (χ0n) is 10.9.